The van der Waals surface area contributed by atoms with Crippen molar-refractivity contribution in [2.75, 3.05) is 38.2 Å². The van der Waals surface area contributed by atoms with Crippen LogP contribution in [0.3, 0.4) is 0 Å². The van der Waals surface area contributed by atoms with Gasteiger partial charge in [-0.1, -0.05) is 17.7 Å². The Morgan fingerprint density at radius 1 is 1.09 bits per heavy atom. The monoisotopic (exact) mass is 461 g/mol. The number of amides is 1. The SMILES string of the molecule is COc1ccc(/C=N\NC(=O)c2ccc(C)cc2)cc1C[NH+]1CCN(c2ccc(F)cc2)CC1. The maximum Gasteiger partial charge on any atom is 0.271 e. The highest BCUT2D eigenvalue weighted by Crippen LogP contribution is 2.19. The second-order valence-corrected chi connectivity index (χ2v) is 8.53. The number of benzene rings is 3. The summed E-state index contributed by atoms with van der Waals surface area (Å²) in [7, 11) is 1.68. The molecule has 1 heterocycles. The third-order valence-electron chi connectivity index (χ3n) is 6.10. The Hall–Kier alpha value is -3.71. The third kappa shape index (κ3) is 5.99. The number of ether oxygens (including phenoxy) is 1. The summed E-state index contributed by atoms with van der Waals surface area (Å²) in [4.78, 5) is 16.0. The lowest BCUT2D eigenvalue weighted by Gasteiger charge is -2.34. The Bertz CT molecular complexity index is 1140. The van der Waals surface area contributed by atoms with Crippen molar-refractivity contribution in [2.24, 2.45) is 5.10 Å². The lowest BCUT2D eigenvalue weighted by Crippen LogP contribution is -3.13. The molecule has 1 amide bonds. The van der Waals surface area contributed by atoms with Crippen molar-refractivity contribution in [3.63, 3.8) is 0 Å². The molecule has 176 valence electrons. The van der Waals surface area contributed by atoms with Crippen molar-refractivity contribution in [3.8, 4) is 5.75 Å². The average molecular weight is 462 g/mol. The van der Waals surface area contributed by atoms with E-state index < -0.39 is 0 Å². The molecule has 0 spiro atoms. The summed E-state index contributed by atoms with van der Waals surface area (Å²) in [5.41, 5.74) is 7.31. The second-order valence-electron chi connectivity index (χ2n) is 8.53. The van der Waals surface area contributed by atoms with Crippen molar-refractivity contribution < 1.29 is 18.8 Å². The zero-order valence-electron chi connectivity index (χ0n) is 19.6. The van der Waals surface area contributed by atoms with Crippen molar-refractivity contribution in [3.05, 3.63) is 94.8 Å². The first-order chi connectivity index (χ1) is 16.5. The van der Waals surface area contributed by atoms with Crippen LogP contribution in [-0.2, 0) is 6.54 Å². The van der Waals surface area contributed by atoms with E-state index in [-0.39, 0.29) is 11.7 Å². The number of anilines is 1. The molecule has 0 aliphatic carbocycles. The largest absolute Gasteiger partial charge is 0.496 e. The van der Waals surface area contributed by atoms with Crippen LogP contribution in [0.2, 0.25) is 0 Å². The molecule has 1 aliphatic heterocycles. The molecule has 0 saturated carbocycles. The number of aryl methyl sites for hydroxylation is 1. The molecule has 0 unspecified atom stereocenters. The molecule has 1 aliphatic rings. The maximum absolute atomic E-state index is 13.2. The molecule has 3 aromatic rings. The molecule has 7 heteroatoms. The number of nitrogens with zero attached hydrogens (tertiary/aromatic N) is 2. The summed E-state index contributed by atoms with van der Waals surface area (Å²) in [6.45, 7) is 6.59. The van der Waals surface area contributed by atoms with E-state index in [9.17, 15) is 9.18 Å². The molecule has 0 bridgehead atoms. The van der Waals surface area contributed by atoms with E-state index in [1.54, 1.807) is 25.5 Å². The van der Waals surface area contributed by atoms with Gasteiger partial charge in [0.05, 0.1) is 39.5 Å². The van der Waals surface area contributed by atoms with Crippen LogP contribution in [0, 0.1) is 12.7 Å². The molecule has 2 N–H and O–H groups in total. The van der Waals surface area contributed by atoms with Gasteiger partial charge in [0.2, 0.25) is 0 Å². The van der Waals surface area contributed by atoms with Crippen molar-refractivity contribution >= 4 is 17.8 Å². The number of carbonyl (C=O) groups excluding carboxylic acids is 1. The number of piperazine rings is 1. The molecule has 0 aromatic heterocycles. The predicted octanol–water partition coefficient (Wildman–Crippen LogP) is 2.81. The first kappa shape index (κ1) is 23.4. The molecular weight excluding hydrogens is 431 g/mol. The van der Waals surface area contributed by atoms with Gasteiger partial charge in [-0.05, 0) is 67.1 Å². The minimum Gasteiger partial charge on any atom is -0.496 e. The van der Waals surface area contributed by atoms with E-state index in [2.05, 4.69) is 21.5 Å². The van der Waals surface area contributed by atoms with Crippen molar-refractivity contribution in [1.29, 1.82) is 0 Å². The van der Waals surface area contributed by atoms with Crippen LogP contribution in [0.5, 0.6) is 5.75 Å². The molecule has 0 radical (unpaired) electrons. The molecule has 1 saturated heterocycles. The normalized spacial score (nSPS) is 14.4. The van der Waals surface area contributed by atoms with Gasteiger partial charge in [0.1, 0.15) is 18.1 Å². The zero-order valence-corrected chi connectivity index (χ0v) is 19.6. The Morgan fingerprint density at radius 3 is 2.47 bits per heavy atom. The van der Waals surface area contributed by atoms with Gasteiger partial charge >= 0.3 is 0 Å². The van der Waals surface area contributed by atoms with Crippen molar-refractivity contribution in [1.82, 2.24) is 5.43 Å². The fourth-order valence-corrected chi connectivity index (χ4v) is 4.13. The topological polar surface area (TPSA) is 58.4 Å². The quantitative estimate of drug-likeness (QED) is 0.420. The summed E-state index contributed by atoms with van der Waals surface area (Å²) in [5, 5.41) is 4.13. The molecule has 6 nitrogen and oxygen atoms in total. The standard InChI is InChI=1S/C27H29FN4O2/c1-20-3-6-22(7-4-20)27(33)30-29-18-21-5-12-26(34-2)23(17-21)19-31-13-15-32(16-14-31)25-10-8-24(28)9-11-25/h3-12,17-18H,13-16,19H2,1-2H3,(H,30,33)/p+1/b29-18-. The molecule has 4 rings (SSSR count). The average Bonchev–Trinajstić information content (AvgIpc) is 2.86. The second kappa shape index (κ2) is 10.9. The number of methoxy groups -OCH3 is 1. The highest BCUT2D eigenvalue weighted by Gasteiger charge is 2.21. The van der Waals surface area contributed by atoms with Gasteiger partial charge in [-0.2, -0.15) is 5.10 Å². The smallest absolute Gasteiger partial charge is 0.271 e. The van der Waals surface area contributed by atoms with Gasteiger partial charge < -0.3 is 14.5 Å². The molecular formula is C27H30FN4O2+. The zero-order chi connectivity index (χ0) is 23.9. The Labute approximate surface area is 199 Å². The van der Waals surface area contributed by atoms with Crippen LogP contribution in [0.1, 0.15) is 27.0 Å². The molecule has 0 atom stereocenters. The van der Waals surface area contributed by atoms with Crippen LogP contribution in [0.15, 0.2) is 71.8 Å². The van der Waals surface area contributed by atoms with Crippen molar-refractivity contribution in [2.45, 2.75) is 13.5 Å². The fraction of sp³-hybridized carbons (Fsp3) is 0.259. The fourth-order valence-electron chi connectivity index (χ4n) is 4.13. The Morgan fingerprint density at radius 2 is 1.79 bits per heavy atom. The Kier molecular flexibility index (Phi) is 7.54. The summed E-state index contributed by atoms with van der Waals surface area (Å²) >= 11 is 0. The minimum absolute atomic E-state index is 0.210. The van der Waals surface area contributed by atoms with Gasteiger partial charge in [-0.3, -0.25) is 4.79 Å². The number of quaternary nitrogens is 1. The van der Waals surface area contributed by atoms with Gasteiger partial charge in [-0.25, -0.2) is 9.82 Å². The van der Waals surface area contributed by atoms with E-state index in [1.807, 2.05) is 43.3 Å². The highest BCUT2D eigenvalue weighted by atomic mass is 19.1. The van der Waals surface area contributed by atoms with Crippen LogP contribution in [0.4, 0.5) is 10.1 Å². The van der Waals surface area contributed by atoms with E-state index >= 15 is 0 Å². The van der Waals surface area contributed by atoms with Gasteiger partial charge in [0.25, 0.3) is 5.91 Å². The van der Waals surface area contributed by atoms with Gasteiger partial charge in [0, 0.05) is 16.8 Å². The van der Waals surface area contributed by atoms with E-state index in [0.717, 1.165) is 60.9 Å². The first-order valence-electron chi connectivity index (χ1n) is 11.4. The number of rotatable bonds is 7. The third-order valence-corrected chi connectivity index (χ3v) is 6.10. The van der Waals surface area contributed by atoms with Gasteiger partial charge in [0.15, 0.2) is 0 Å². The van der Waals surface area contributed by atoms with Crippen LogP contribution in [-0.4, -0.2) is 45.4 Å². The molecule has 3 aromatic carbocycles. The summed E-state index contributed by atoms with van der Waals surface area (Å²) < 4.78 is 18.8. The summed E-state index contributed by atoms with van der Waals surface area (Å²) in [5.74, 6) is 0.390. The molecule has 1 fully saturated rings. The number of hydrazone groups is 1. The van der Waals surface area contributed by atoms with E-state index in [4.69, 9.17) is 4.74 Å². The maximum atomic E-state index is 13.2. The number of nitrogens with one attached hydrogen (secondary N) is 2. The lowest BCUT2D eigenvalue weighted by atomic mass is 10.1. The van der Waals surface area contributed by atoms with E-state index in [0.29, 0.717) is 5.56 Å². The van der Waals surface area contributed by atoms with Crippen LogP contribution >= 0.6 is 0 Å². The lowest BCUT2D eigenvalue weighted by molar-refractivity contribution is -0.914. The number of halogens is 1. The number of hydrogen-bond donors (Lipinski definition) is 2. The van der Waals surface area contributed by atoms with Crippen LogP contribution in [0.25, 0.3) is 0 Å². The summed E-state index contributed by atoms with van der Waals surface area (Å²) in [6, 6.07) is 20.0. The number of carbonyl (C=O) groups is 1. The molecule has 34 heavy (non-hydrogen) atoms. The predicted molar refractivity (Wildman–Crippen MR) is 132 cm³/mol. The number of hydrogen-bond acceptors (Lipinski definition) is 4. The highest BCUT2D eigenvalue weighted by molar-refractivity contribution is 5.94. The summed E-state index contributed by atoms with van der Waals surface area (Å²) in [6.07, 6.45) is 1.65. The minimum atomic E-state index is -0.242. The first-order valence-corrected chi connectivity index (χ1v) is 11.4. The van der Waals surface area contributed by atoms with Gasteiger partial charge in [-0.15, -0.1) is 0 Å². The Balaban J connectivity index is 1.35. The van der Waals surface area contributed by atoms with E-state index in [1.165, 1.54) is 17.0 Å². The van der Waals surface area contributed by atoms with Crippen LogP contribution < -0.4 is 20.0 Å².